The molecule has 106 valence electrons. The van der Waals surface area contributed by atoms with Crippen molar-refractivity contribution in [2.45, 2.75) is 46.2 Å². The first-order valence-corrected chi connectivity index (χ1v) is 6.79. The van der Waals surface area contributed by atoms with E-state index in [2.05, 4.69) is 22.2 Å². The summed E-state index contributed by atoms with van der Waals surface area (Å²) in [5.41, 5.74) is 4.23. The average Bonchev–Trinajstić information content (AvgIpc) is 2.42. The molecule has 1 atom stereocenters. The first-order chi connectivity index (χ1) is 9.12. The summed E-state index contributed by atoms with van der Waals surface area (Å²) in [5.74, 6) is 5.14. The highest BCUT2D eigenvalue weighted by Crippen LogP contribution is 2.11. The molecule has 0 saturated heterocycles. The van der Waals surface area contributed by atoms with Crippen LogP contribution in [-0.4, -0.2) is 28.4 Å². The van der Waals surface area contributed by atoms with Gasteiger partial charge in [-0.05, 0) is 32.0 Å². The Morgan fingerprint density at radius 1 is 1.47 bits per heavy atom. The van der Waals surface area contributed by atoms with E-state index in [9.17, 15) is 4.79 Å². The van der Waals surface area contributed by atoms with Crippen molar-refractivity contribution < 1.29 is 4.79 Å². The van der Waals surface area contributed by atoms with Crippen molar-refractivity contribution in [2.75, 3.05) is 6.54 Å². The van der Waals surface area contributed by atoms with Gasteiger partial charge in [0.2, 0.25) is 0 Å². The number of pyridine rings is 1. The minimum absolute atomic E-state index is 0.128. The van der Waals surface area contributed by atoms with Gasteiger partial charge in [0.15, 0.2) is 0 Å². The van der Waals surface area contributed by atoms with E-state index in [-0.39, 0.29) is 11.9 Å². The van der Waals surface area contributed by atoms with E-state index in [1.165, 1.54) is 0 Å². The van der Waals surface area contributed by atoms with Crippen LogP contribution < -0.4 is 11.3 Å². The van der Waals surface area contributed by atoms with Gasteiger partial charge in [-0.2, -0.15) is 0 Å². The fourth-order valence-corrected chi connectivity index (χ4v) is 2.19. The Labute approximate surface area is 115 Å². The fraction of sp³-hybridized carbons (Fsp3) is 0.571. The maximum absolute atomic E-state index is 11.9. The van der Waals surface area contributed by atoms with Crippen LogP contribution in [0.25, 0.3) is 0 Å². The van der Waals surface area contributed by atoms with Crippen LogP contribution in [0.1, 0.15) is 38.1 Å². The quantitative estimate of drug-likeness (QED) is 0.443. The van der Waals surface area contributed by atoms with E-state index in [1.807, 2.05) is 32.0 Å². The van der Waals surface area contributed by atoms with Gasteiger partial charge in [0.05, 0.1) is 11.7 Å². The zero-order valence-corrected chi connectivity index (χ0v) is 12.0. The van der Waals surface area contributed by atoms with E-state index in [0.29, 0.717) is 6.54 Å². The Bertz CT molecular complexity index is 408. The number of nitrogens with zero attached hydrogens (tertiary/aromatic N) is 2. The molecule has 5 nitrogen and oxygen atoms in total. The summed E-state index contributed by atoms with van der Waals surface area (Å²) in [4.78, 5) is 18.4. The molecule has 0 radical (unpaired) electrons. The monoisotopic (exact) mass is 264 g/mol. The maximum atomic E-state index is 11.9. The second kappa shape index (κ2) is 7.86. The molecule has 0 saturated carbocycles. The molecule has 0 aliphatic heterocycles. The second-order valence-electron chi connectivity index (χ2n) is 4.65. The molecular weight excluding hydrogens is 240 g/mol. The molecule has 1 unspecified atom stereocenters. The summed E-state index contributed by atoms with van der Waals surface area (Å²) in [6.45, 7) is 7.53. The minimum atomic E-state index is -0.192. The van der Waals surface area contributed by atoms with Crippen molar-refractivity contribution in [3.63, 3.8) is 0 Å². The smallest absolute Gasteiger partial charge is 0.251 e. The highest BCUT2D eigenvalue weighted by atomic mass is 16.2. The molecule has 0 bridgehead atoms. The number of nitrogens with one attached hydrogen (secondary N) is 1. The Morgan fingerprint density at radius 2 is 2.21 bits per heavy atom. The summed E-state index contributed by atoms with van der Waals surface area (Å²) in [5, 5.41) is 0. The molecule has 1 amide bonds. The number of hydrazine groups is 1. The largest absolute Gasteiger partial charge is 0.293 e. The Kier molecular flexibility index (Phi) is 6.45. The number of aryl methyl sites for hydroxylation is 1. The number of amides is 1. The van der Waals surface area contributed by atoms with Crippen molar-refractivity contribution in [3.8, 4) is 0 Å². The maximum Gasteiger partial charge on any atom is 0.251 e. The standard InChI is InChI=1S/C14H24N4O/c1-4-7-13(14(19)17-15)18(5-2)10-12-9-6-8-11(3)16-12/h6,8-9,13H,4-5,7,10,15H2,1-3H3,(H,17,19). The van der Waals surface area contributed by atoms with Crippen molar-refractivity contribution >= 4 is 5.91 Å². The molecule has 0 fully saturated rings. The number of likely N-dealkylation sites (N-methyl/N-ethyl adjacent to an activating group) is 1. The third-order valence-corrected chi connectivity index (χ3v) is 3.17. The third kappa shape index (κ3) is 4.61. The van der Waals surface area contributed by atoms with Gasteiger partial charge in [-0.15, -0.1) is 0 Å². The van der Waals surface area contributed by atoms with E-state index in [4.69, 9.17) is 5.84 Å². The van der Waals surface area contributed by atoms with Gasteiger partial charge in [-0.25, -0.2) is 5.84 Å². The fourth-order valence-electron chi connectivity index (χ4n) is 2.19. The van der Waals surface area contributed by atoms with Crippen molar-refractivity contribution in [3.05, 3.63) is 29.6 Å². The van der Waals surface area contributed by atoms with Crippen LogP contribution in [0.2, 0.25) is 0 Å². The van der Waals surface area contributed by atoms with Gasteiger partial charge in [0.1, 0.15) is 0 Å². The highest BCUT2D eigenvalue weighted by molar-refractivity contribution is 5.81. The number of hydrogen-bond donors (Lipinski definition) is 2. The SMILES string of the molecule is CCCC(C(=O)NN)N(CC)Cc1cccc(C)n1. The van der Waals surface area contributed by atoms with Gasteiger partial charge in [0, 0.05) is 12.2 Å². The number of carbonyl (C=O) groups is 1. The van der Waals surface area contributed by atoms with Crippen LogP contribution in [0.5, 0.6) is 0 Å². The molecule has 0 spiro atoms. The first kappa shape index (κ1) is 15.6. The van der Waals surface area contributed by atoms with Crippen molar-refractivity contribution in [1.29, 1.82) is 0 Å². The lowest BCUT2D eigenvalue weighted by Gasteiger charge is -2.28. The van der Waals surface area contributed by atoms with Gasteiger partial charge < -0.3 is 0 Å². The zero-order chi connectivity index (χ0) is 14.3. The van der Waals surface area contributed by atoms with Crippen LogP contribution in [0.4, 0.5) is 0 Å². The molecule has 0 aromatic carbocycles. The van der Waals surface area contributed by atoms with Gasteiger partial charge >= 0.3 is 0 Å². The molecule has 19 heavy (non-hydrogen) atoms. The second-order valence-corrected chi connectivity index (χ2v) is 4.65. The summed E-state index contributed by atoms with van der Waals surface area (Å²) >= 11 is 0. The van der Waals surface area contributed by atoms with Crippen LogP contribution in [0.3, 0.4) is 0 Å². The average molecular weight is 264 g/mol. The number of nitrogens with two attached hydrogens (primary N) is 1. The van der Waals surface area contributed by atoms with Crippen LogP contribution >= 0.6 is 0 Å². The van der Waals surface area contributed by atoms with E-state index >= 15 is 0 Å². The Balaban J connectivity index is 2.82. The lowest BCUT2D eigenvalue weighted by Crippen LogP contribution is -2.48. The summed E-state index contributed by atoms with van der Waals surface area (Å²) < 4.78 is 0. The summed E-state index contributed by atoms with van der Waals surface area (Å²) in [7, 11) is 0. The Morgan fingerprint density at radius 3 is 2.74 bits per heavy atom. The predicted octanol–water partition coefficient (Wildman–Crippen LogP) is 1.37. The molecule has 5 heteroatoms. The first-order valence-electron chi connectivity index (χ1n) is 6.79. The van der Waals surface area contributed by atoms with Crippen LogP contribution in [-0.2, 0) is 11.3 Å². The highest BCUT2D eigenvalue weighted by Gasteiger charge is 2.23. The number of hydrogen-bond acceptors (Lipinski definition) is 4. The number of rotatable bonds is 7. The van der Waals surface area contributed by atoms with E-state index in [1.54, 1.807) is 0 Å². The number of carbonyl (C=O) groups excluding carboxylic acids is 1. The molecule has 1 aromatic heterocycles. The summed E-state index contributed by atoms with van der Waals surface area (Å²) in [6.07, 6.45) is 1.73. The molecule has 1 heterocycles. The van der Waals surface area contributed by atoms with Gasteiger partial charge in [0.25, 0.3) is 5.91 Å². The normalized spacial score (nSPS) is 12.5. The third-order valence-electron chi connectivity index (χ3n) is 3.17. The number of aromatic nitrogens is 1. The molecule has 0 aliphatic carbocycles. The summed E-state index contributed by atoms with van der Waals surface area (Å²) in [6, 6.07) is 5.75. The topological polar surface area (TPSA) is 71.2 Å². The lowest BCUT2D eigenvalue weighted by molar-refractivity contribution is -0.127. The van der Waals surface area contributed by atoms with Gasteiger partial charge in [-0.3, -0.25) is 20.1 Å². The van der Waals surface area contributed by atoms with Crippen LogP contribution in [0.15, 0.2) is 18.2 Å². The molecule has 0 aliphatic rings. The molecule has 3 N–H and O–H groups in total. The van der Waals surface area contributed by atoms with Crippen LogP contribution in [0, 0.1) is 6.92 Å². The molecule has 1 aromatic rings. The zero-order valence-electron chi connectivity index (χ0n) is 12.0. The van der Waals surface area contributed by atoms with E-state index < -0.39 is 0 Å². The predicted molar refractivity (Wildman–Crippen MR) is 76.1 cm³/mol. The van der Waals surface area contributed by atoms with Crippen molar-refractivity contribution in [2.24, 2.45) is 5.84 Å². The Hall–Kier alpha value is -1.46. The van der Waals surface area contributed by atoms with Gasteiger partial charge in [-0.1, -0.05) is 26.3 Å². The minimum Gasteiger partial charge on any atom is -0.293 e. The molecule has 1 rings (SSSR count). The van der Waals surface area contributed by atoms with Crippen molar-refractivity contribution in [1.82, 2.24) is 15.3 Å². The van der Waals surface area contributed by atoms with E-state index in [0.717, 1.165) is 30.8 Å². The lowest BCUT2D eigenvalue weighted by atomic mass is 10.1. The molecular formula is C14H24N4O.